The topological polar surface area (TPSA) is 37.4 Å². The molecule has 31 heavy (non-hydrogen) atoms. The third kappa shape index (κ3) is 4.31. The van der Waals surface area contributed by atoms with Gasteiger partial charge in [-0.15, -0.1) is 6.58 Å². The van der Waals surface area contributed by atoms with Crippen molar-refractivity contribution in [3.63, 3.8) is 0 Å². The number of amides is 1. The number of likely N-dealkylation sites (tertiary alicyclic amines) is 1. The van der Waals surface area contributed by atoms with Crippen LogP contribution >= 0.6 is 23.2 Å². The fourth-order valence-corrected chi connectivity index (χ4v) is 5.38. The molecule has 2 aliphatic rings. The summed E-state index contributed by atoms with van der Waals surface area (Å²) in [6, 6.07) is 14.8. The second-order valence-electron chi connectivity index (χ2n) is 9.09. The van der Waals surface area contributed by atoms with E-state index in [1.54, 1.807) is 6.08 Å². The smallest absolute Gasteiger partial charge is 0.229 e. The Morgan fingerprint density at radius 1 is 1.13 bits per heavy atom. The van der Waals surface area contributed by atoms with E-state index in [0.717, 1.165) is 30.3 Å². The van der Waals surface area contributed by atoms with Gasteiger partial charge in [0.2, 0.25) is 5.91 Å². The SMILES string of the molecule is C=CC[C@@]1(C)CC(c2cccc(Cl)c2)[C@@H](c2ccc(Cl)cc2)N(C(C=O)C2CC2)C1=O. The van der Waals surface area contributed by atoms with Gasteiger partial charge >= 0.3 is 0 Å². The zero-order chi connectivity index (χ0) is 22.2. The van der Waals surface area contributed by atoms with Gasteiger partial charge in [0, 0.05) is 16.0 Å². The first-order valence-electron chi connectivity index (χ1n) is 10.8. The molecule has 0 N–H and O–H groups in total. The molecule has 1 saturated carbocycles. The zero-order valence-corrected chi connectivity index (χ0v) is 19.1. The number of benzene rings is 2. The molecule has 2 aromatic carbocycles. The number of carbonyl (C=O) groups is 2. The van der Waals surface area contributed by atoms with E-state index in [1.807, 2.05) is 54.3 Å². The molecule has 4 rings (SSSR count). The minimum atomic E-state index is -0.631. The standard InChI is InChI=1S/C26H27Cl2NO2/c1-3-13-26(2)15-22(19-5-4-6-21(28)14-19)24(18-9-11-20(27)12-10-18)29(25(26)31)23(16-30)17-7-8-17/h3-6,9-12,14,16-17,22-24H,1,7-8,13,15H2,2H3/t22?,23?,24-,26+/m1/s1. The van der Waals surface area contributed by atoms with Crippen molar-refractivity contribution in [3.05, 3.63) is 82.4 Å². The molecule has 0 radical (unpaired) electrons. The quantitative estimate of drug-likeness (QED) is 0.347. The highest BCUT2D eigenvalue weighted by Crippen LogP contribution is 2.53. The summed E-state index contributed by atoms with van der Waals surface area (Å²) in [6.07, 6.45) is 5.93. The second kappa shape index (κ2) is 8.80. The lowest BCUT2D eigenvalue weighted by molar-refractivity contribution is -0.156. The molecule has 5 heteroatoms. The van der Waals surface area contributed by atoms with Gasteiger partial charge in [-0.25, -0.2) is 0 Å². The molecule has 0 spiro atoms. The van der Waals surface area contributed by atoms with Crippen LogP contribution < -0.4 is 0 Å². The molecule has 2 fully saturated rings. The van der Waals surface area contributed by atoms with Crippen molar-refractivity contribution < 1.29 is 9.59 Å². The van der Waals surface area contributed by atoms with Crippen LogP contribution in [0.5, 0.6) is 0 Å². The fraction of sp³-hybridized carbons (Fsp3) is 0.385. The van der Waals surface area contributed by atoms with Gasteiger partial charge in [0.25, 0.3) is 0 Å². The van der Waals surface area contributed by atoms with Crippen molar-refractivity contribution in [1.82, 2.24) is 4.90 Å². The molecule has 162 valence electrons. The molecule has 3 nitrogen and oxygen atoms in total. The van der Waals surface area contributed by atoms with Crippen LogP contribution in [-0.2, 0) is 9.59 Å². The average Bonchev–Trinajstić information content (AvgIpc) is 3.58. The highest BCUT2D eigenvalue weighted by Gasteiger charge is 2.53. The number of carbonyl (C=O) groups excluding carboxylic acids is 2. The predicted octanol–water partition coefficient (Wildman–Crippen LogP) is 6.61. The van der Waals surface area contributed by atoms with Crippen molar-refractivity contribution >= 4 is 35.4 Å². The molecule has 0 aromatic heterocycles. The van der Waals surface area contributed by atoms with E-state index in [0.29, 0.717) is 22.9 Å². The highest BCUT2D eigenvalue weighted by atomic mass is 35.5. The Bertz CT molecular complexity index is 985. The molecule has 1 aliphatic carbocycles. The molecule has 0 bridgehead atoms. The Balaban J connectivity index is 1.90. The van der Waals surface area contributed by atoms with Gasteiger partial charge in [-0.2, -0.15) is 0 Å². The predicted molar refractivity (Wildman–Crippen MR) is 125 cm³/mol. The largest absolute Gasteiger partial charge is 0.325 e. The van der Waals surface area contributed by atoms with Crippen molar-refractivity contribution in [1.29, 1.82) is 0 Å². The summed E-state index contributed by atoms with van der Waals surface area (Å²) in [4.78, 5) is 28.1. The van der Waals surface area contributed by atoms with Gasteiger partial charge in [-0.05, 0) is 67.0 Å². The van der Waals surface area contributed by atoms with Gasteiger partial charge in [0.15, 0.2) is 0 Å². The number of halogens is 2. The lowest BCUT2D eigenvalue weighted by Gasteiger charge is -2.51. The minimum Gasteiger partial charge on any atom is -0.325 e. The number of aldehydes is 1. The molecule has 1 heterocycles. The summed E-state index contributed by atoms with van der Waals surface area (Å²) < 4.78 is 0. The third-order valence-electron chi connectivity index (χ3n) is 6.75. The van der Waals surface area contributed by atoms with Crippen molar-refractivity contribution in [2.75, 3.05) is 0 Å². The van der Waals surface area contributed by atoms with E-state index in [1.165, 1.54) is 0 Å². The number of allylic oxidation sites excluding steroid dienone is 1. The average molecular weight is 456 g/mol. The molecular formula is C26H27Cl2NO2. The molecule has 2 aromatic rings. The molecule has 1 aliphatic heterocycles. The van der Waals surface area contributed by atoms with Gasteiger partial charge in [-0.3, -0.25) is 4.79 Å². The van der Waals surface area contributed by atoms with Crippen LogP contribution in [0, 0.1) is 11.3 Å². The van der Waals surface area contributed by atoms with E-state index >= 15 is 0 Å². The summed E-state index contributed by atoms with van der Waals surface area (Å²) in [5, 5.41) is 1.30. The third-order valence-corrected chi connectivity index (χ3v) is 7.24. The van der Waals surface area contributed by atoms with Crippen LogP contribution in [0.2, 0.25) is 10.0 Å². The lowest BCUT2D eigenvalue weighted by Crippen LogP contribution is -2.56. The number of hydrogen-bond donors (Lipinski definition) is 0. The summed E-state index contributed by atoms with van der Waals surface area (Å²) in [5.74, 6) is 0.237. The van der Waals surface area contributed by atoms with Gasteiger partial charge < -0.3 is 9.69 Å². The molecule has 4 atom stereocenters. The fourth-order valence-electron chi connectivity index (χ4n) is 5.06. The number of piperidine rings is 1. The monoisotopic (exact) mass is 455 g/mol. The lowest BCUT2D eigenvalue weighted by atomic mass is 9.67. The summed E-state index contributed by atoms with van der Waals surface area (Å²) >= 11 is 12.5. The van der Waals surface area contributed by atoms with Gasteiger partial charge in [0.1, 0.15) is 6.29 Å². The molecule has 1 saturated heterocycles. The summed E-state index contributed by atoms with van der Waals surface area (Å²) in [6.45, 7) is 5.89. The van der Waals surface area contributed by atoms with Crippen LogP contribution in [0.15, 0.2) is 61.2 Å². The normalized spacial score (nSPS) is 27.1. The van der Waals surface area contributed by atoms with Crippen LogP contribution in [0.25, 0.3) is 0 Å². The Labute approximate surface area is 194 Å². The van der Waals surface area contributed by atoms with Gasteiger partial charge in [0.05, 0.1) is 17.5 Å². The Hall–Kier alpha value is -2.10. The Kier molecular flexibility index (Phi) is 6.27. The number of nitrogens with zero attached hydrogens (tertiary/aromatic N) is 1. The second-order valence-corrected chi connectivity index (χ2v) is 9.96. The van der Waals surface area contributed by atoms with Crippen molar-refractivity contribution in [3.8, 4) is 0 Å². The Morgan fingerprint density at radius 2 is 1.84 bits per heavy atom. The number of rotatable bonds is 7. The first-order chi connectivity index (χ1) is 14.9. The molecular weight excluding hydrogens is 429 g/mol. The van der Waals surface area contributed by atoms with Crippen molar-refractivity contribution in [2.24, 2.45) is 11.3 Å². The van der Waals surface area contributed by atoms with E-state index in [2.05, 4.69) is 12.6 Å². The van der Waals surface area contributed by atoms with E-state index in [-0.39, 0.29) is 23.8 Å². The zero-order valence-electron chi connectivity index (χ0n) is 17.6. The van der Waals surface area contributed by atoms with E-state index in [4.69, 9.17) is 23.2 Å². The first-order valence-corrected chi connectivity index (χ1v) is 11.5. The molecule has 1 amide bonds. The maximum absolute atomic E-state index is 13.9. The summed E-state index contributed by atoms with van der Waals surface area (Å²) in [5.41, 5.74) is 1.42. The summed E-state index contributed by atoms with van der Waals surface area (Å²) in [7, 11) is 0. The highest BCUT2D eigenvalue weighted by molar-refractivity contribution is 6.30. The van der Waals surface area contributed by atoms with Crippen LogP contribution in [-0.4, -0.2) is 23.1 Å². The first kappa shape index (κ1) is 22.1. The van der Waals surface area contributed by atoms with Gasteiger partial charge in [-0.1, -0.05) is 60.5 Å². The van der Waals surface area contributed by atoms with E-state index < -0.39 is 11.5 Å². The Morgan fingerprint density at radius 3 is 2.42 bits per heavy atom. The van der Waals surface area contributed by atoms with E-state index in [9.17, 15) is 9.59 Å². The van der Waals surface area contributed by atoms with Crippen LogP contribution in [0.4, 0.5) is 0 Å². The van der Waals surface area contributed by atoms with Crippen LogP contribution in [0.3, 0.4) is 0 Å². The maximum atomic E-state index is 13.9. The maximum Gasteiger partial charge on any atom is 0.229 e. The van der Waals surface area contributed by atoms with Crippen LogP contribution in [0.1, 0.15) is 55.7 Å². The molecule has 2 unspecified atom stereocenters. The van der Waals surface area contributed by atoms with Crippen molar-refractivity contribution in [2.45, 2.75) is 50.6 Å². The number of hydrogen-bond acceptors (Lipinski definition) is 2. The minimum absolute atomic E-state index is 0.0104.